The Morgan fingerprint density at radius 3 is 2.84 bits per heavy atom. The first kappa shape index (κ1) is 14.0. The van der Waals surface area contributed by atoms with Crippen molar-refractivity contribution in [2.45, 2.75) is 37.8 Å². The van der Waals surface area contributed by atoms with Crippen LogP contribution in [0.3, 0.4) is 0 Å². The Kier molecular flexibility index (Phi) is 4.56. The molecule has 4 nitrogen and oxygen atoms in total. The zero-order valence-electron chi connectivity index (χ0n) is 11.4. The lowest BCUT2D eigenvalue weighted by atomic mass is 9.98. The monoisotopic (exact) mass is 262 g/mol. The summed E-state index contributed by atoms with van der Waals surface area (Å²) in [5.74, 6) is -0.0921. The lowest BCUT2D eigenvalue weighted by Gasteiger charge is -2.23. The molecule has 1 heterocycles. The Balaban J connectivity index is 1.78. The van der Waals surface area contributed by atoms with Crippen molar-refractivity contribution in [3.8, 4) is 0 Å². The van der Waals surface area contributed by atoms with Crippen molar-refractivity contribution >= 4 is 5.91 Å². The predicted octanol–water partition coefficient (Wildman–Crippen LogP) is 1.24. The van der Waals surface area contributed by atoms with Crippen LogP contribution in [-0.4, -0.2) is 30.7 Å². The molecule has 4 heteroatoms. The number of amides is 1. The minimum absolute atomic E-state index is 0.0921. The number of nitrogens with two attached hydrogens (primary N) is 1. The van der Waals surface area contributed by atoms with Gasteiger partial charge in [0.1, 0.15) is 5.54 Å². The first-order chi connectivity index (χ1) is 9.10. The van der Waals surface area contributed by atoms with Gasteiger partial charge < -0.3 is 15.8 Å². The number of carbonyl (C=O) groups excluding carboxylic acids is 1. The van der Waals surface area contributed by atoms with Gasteiger partial charge in [-0.3, -0.25) is 4.79 Å². The average molecular weight is 262 g/mol. The fourth-order valence-electron chi connectivity index (χ4n) is 2.23. The van der Waals surface area contributed by atoms with Crippen molar-refractivity contribution in [2.75, 3.05) is 13.2 Å². The highest BCUT2D eigenvalue weighted by Gasteiger charge is 2.38. The van der Waals surface area contributed by atoms with Gasteiger partial charge in [-0.25, -0.2) is 0 Å². The quantitative estimate of drug-likeness (QED) is 0.839. The molecule has 1 aliphatic heterocycles. The molecule has 0 saturated carbocycles. The van der Waals surface area contributed by atoms with Gasteiger partial charge in [0, 0.05) is 12.6 Å². The van der Waals surface area contributed by atoms with Crippen molar-refractivity contribution in [3.63, 3.8) is 0 Å². The second kappa shape index (κ2) is 6.17. The van der Waals surface area contributed by atoms with Crippen LogP contribution in [-0.2, 0) is 16.0 Å². The van der Waals surface area contributed by atoms with Gasteiger partial charge in [0.15, 0.2) is 0 Å². The zero-order chi connectivity index (χ0) is 13.7. The van der Waals surface area contributed by atoms with E-state index in [9.17, 15) is 4.79 Å². The second-order valence-electron chi connectivity index (χ2n) is 5.36. The number of aryl methyl sites for hydroxylation is 1. The summed E-state index contributed by atoms with van der Waals surface area (Å²) in [5.41, 5.74) is 6.48. The second-order valence-corrected chi connectivity index (χ2v) is 5.36. The molecule has 1 aromatic rings. The van der Waals surface area contributed by atoms with Gasteiger partial charge in [0.25, 0.3) is 0 Å². The largest absolute Gasteiger partial charge is 0.379 e. The first-order valence-electron chi connectivity index (χ1n) is 6.82. The number of hydrogen-bond acceptors (Lipinski definition) is 3. The molecule has 1 amide bonds. The molecule has 2 unspecified atom stereocenters. The Morgan fingerprint density at radius 2 is 2.21 bits per heavy atom. The van der Waals surface area contributed by atoms with Crippen LogP contribution >= 0.6 is 0 Å². The Labute approximate surface area is 114 Å². The maximum atomic E-state index is 12.1. The van der Waals surface area contributed by atoms with E-state index in [1.807, 2.05) is 25.1 Å². The number of rotatable bonds is 5. The van der Waals surface area contributed by atoms with Crippen molar-refractivity contribution < 1.29 is 9.53 Å². The highest BCUT2D eigenvalue weighted by atomic mass is 16.5. The third-order valence-electron chi connectivity index (χ3n) is 3.59. The molecular weight excluding hydrogens is 240 g/mol. The smallest absolute Gasteiger partial charge is 0.242 e. The maximum absolute atomic E-state index is 12.1. The van der Waals surface area contributed by atoms with Gasteiger partial charge >= 0.3 is 0 Å². The summed E-state index contributed by atoms with van der Waals surface area (Å²) in [6.45, 7) is 2.91. The molecule has 104 valence electrons. The molecule has 0 aromatic heterocycles. The van der Waals surface area contributed by atoms with E-state index in [0.29, 0.717) is 19.6 Å². The Bertz CT molecular complexity index is 413. The summed E-state index contributed by atoms with van der Waals surface area (Å²) in [6.07, 6.45) is 2.47. The number of carbonyl (C=O) groups is 1. The average Bonchev–Trinajstić information content (AvgIpc) is 2.86. The number of hydrogen-bond donors (Lipinski definition) is 2. The van der Waals surface area contributed by atoms with E-state index in [2.05, 4.69) is 17.4 Å². The van der Waals surface area contributed by atoms with E-state index in [1.165, 1.54) is 5.56 Å². The predicted molar refractivity (Wildman–Crippen MR) is 74.7 cm³/mol. The Hall–Kier alpha value is -1.39. The highest BCUT2D eigenvalue weighted by molar-refractivity contribution is 5.86. The van der Waals surface area contributed by atoms with Crippen LogP contribution < -0.4 is 11.1 Å². The minimum Gasteiger partial charge on any atom is -0.379 e. The Morgan fingerprint density at radius 1 is 1.47 bits per heavy atom. The van der Waals surface area contributed by atoms with Crippen molar-refractivity contribution in [3.05, 3.63) is 35.9 Å². The van der Waals surface area contributed by atoms with Crippen LogP contribution in [0.5, 0.6) is 0 Å². The molecule has 0 aliphatic carbocycles. The van der Waals surface area contributed by atoms with E-state index in [4.69, 9.17) is 10.5 Å². The van der Waals surface area contributed by atoms with Crippen molar-refractivity contribution in [1.82, 2.24) is 5.32 Å². The third kappa shape index (κ3) is 3.78. The van der Waals surface area contributed by atoms with Crippen molar-refractivity contribution in [1.29, 1.82) is 0 Å². The van der Waals surface area contributed by atoms with Crippen LogP contribution in [0, 0.1) is 0 Å². The van der Waals surface area contributed by atoms with Gasteiger partial charge in [-0.05, 0) is 31.7 Å². The standard InChI is InChI=1S/C15H22N2O2/c1-12(7-8-13-5-3-2-4-6-13)17-14(18)15(16)9-10-19-11-15/h2-6,12H,7-11,16H2,1H3,(H,17,18). The topological polar surface area (TPSA) is 64.4 Å². The molecule has 0 spiro atoms. The molecular formula is C15H22N2O2. The van der Waals surface area contributed by atoms with E-state index in [0.717, 1.165) is 12.8 Å². The SMILES string of the molecule is CC(CCc1ccccc1)NC(=O)C1(N)CCOC1. The van der Waals surface area contributed by atoms with Gasteiger partial charge in [-0.2, -0.15) is 0 Å². The summed E-state index contributed by atoms with van der Waals surface area (Å²) in [7, 11) is 0. The molecule has 1 aliphatic rings. The van der Waals surface area contributed by atoms with Gasteiger partial charge in [-0.15, -0.1) is 0 Å². The van der Waals surface area contributed by atoms with Gasteiger partial charge in [0.05, 0.1) is 6.61 Å². The molecule has 19 heavy (non-hydrogen) atoms. The molecule has 1 fully saturated rings. The summed E-state index contributed by atoms with van der Waals surface area (Å²) in [4.78, 5) is 12.1. The summed E-state index contributed by atoms with van der Waals surface area (Å²) in [6, 6.07) is 10.4. The normalized spacial score (nSPS) is 24.1. The van der Waals surface area contributed by atoms with E-state index in [-0.39, 0.29) is 11.9 Å². The van der Waals surface area contributed by atoms with Crippen LogP contribution in [0.4, 0.5) is 0 Å². The summed E-state index contributed by atoms with van der Waals surface area (Å²) < 4.78 is 5.21. The number of ether oxygens (including phenoxy) is 1. The molecule has 2 rings (SSSR count). The van der Waals surface area contributed by atoms with E-state index in [1.54, 1.807) is 0 Å². The fourth-order valence-corrected chi connectivity index (χ4v) is 2.23. The fraction of sp³-hybridized carbons (Fsp3) is 0.533. The molecule has 1 saturated heterocycles. The maximum Gasteiger partial charge on any atom is 0.242 e. The molecule has 2 atom stereocenters. The van der Waals surface area contributed by atoms with Crippen LogP contribution in [0.2, 0.25) is 0 Å². The first-order valence-corrected chi connectivity index (χ1v) is 6.82. The van der Waals surface area contributed by atoms with Crippen molar-refractivity contribution in [2.24, 2.45) is 5.73 Å². The molecule has 3 N–H and O–H groups in total. The highest BCUT2D eigenvalue weighted by Crippen LogP contribution is 2.16. The summed E-state index contributed by atoms with van der Waals surface area (Å²) >= 11 is 0. The molecule has 0 bridgehead atoms. The molecule has 0 radical (unpaired) electrons. The number of nitrogens with one attached hydrogen (secondary N) is 1. The zero-order valence-corrected chi connectivity index (χ0v) is 11.4. The van der Waals surface area contributed by atoms with Crippen LogP contribution in [0.1, 0.15) is 25.3 Å². The van der Waals surface area contributed by atoms with E-state index >= 15 is 0 Å². The van der Waals surface area contributed by atoms with Crippen LogP contribution in [0.25, 0.3) is 0 Å². The minimum atomic E-state index is -0.832. The molecule has 1 aromatic carbocycles. The number of benzene rings is 1. The summed E-state index contributed by atoms with van der Waals surface area (Å²) in [5, 5.41) is 2.99. The van der Waals surface area contributed by atoms with E-state index < -0.39 is 5.54 Å². The van der Waals surface area contributed by atoms with Gasteiger partial charge in [-0.1, -0.05) is 30.3 Å². The third-order valence-corrected chi connectivity index (χ3v) is 3.59. The lowest BCUT2D eigenvalue weighted by Crippen LogP contribution is -2.56. The van der Waals surface area contributed by atoms with Crippen LogP contribution in [0.15, 0.2) is 30.3 Å². The van der Waals surface area contributed by atoms with Gasteiger partial charge in [0.2, 0.25) is 5.91 Å². The lowest BCUT2D eigenvalue weighted by molar-refractivity contribution is -0.127.